The number of fused-ring (bicyclic) bond motifs is 1. The molecule has 1 aromatic heterocycles. The number of carbonyl (C=O) groups excluding carboxylic acids is 1. The molecule has 4 aromatic rings. The van der Waals surface area contributed by atoms with E-state index in [4.69, 9.17) is 0 Å². The van der Waals surface area contributed by atoms with Crippen LogP contribution in [0.1, 0.15) is 16.2 Å². The molecule has 0 atom stereocenters. The summed E-state index contributed by atoms with van der Waals surface area (Å²) in [7, 11) is 0. The molecule has 0 saturated carbocycles. The number of anilines is 1. The van der Waals surface area contributed by atoms with E-state index in [0.717, 1.165) is 35.2 Å². The molecule has 0 aliphatic heterocycles. The fourth-order valence-corrected chi connectivity index (χ4v) is 3.03. The number of carbonyl (C=O) groups is 1. The molecule has 0 bridgehead atoms. The van der Waals surface area contributed by atoms with Crippen LogP contribution in [0.5, 0.6) is 0 Å². The van der Waals surface area contributed by atoms with Crippen molar-refractivity contribution in [3.63, 3.8) is 0 Å². The maximum Gasteiger partial charge on any atom is 0.255 e. The molecule has 1 heterocycles. The molecule has 0 unspecified atom stereocenters. The van der Waals surface area contributed by atoms with Crippen molar-refractivity contribution in [1.82, 2.24) is 9.55 Å². The van der Waals surface area contributed by atoms with E-state index < -0.39 is 17.5 Å². The highest BCUT2D eigenvalue weighted by Crippen LogP contribution is 2.23. The molecule has 0 aliphatic rings. The molecule has 134 valence electrons. The molecule has 1 amide bonds. The lowest BCUT2D eigenvalue weighted by atomic mass is 10.1. The van der Waals surface area contributed by atoms with Crippen LogP contribution in [0, 0.1) is 18.6 Å². The van der Waals surface area contributed by atoms with E-state index in [-0.39, 0.29) is 5.69 Å². The Kier molecular flexibility index (Phi) is 4.16. The van der Waals surface area contributed by atoms with Crippen molar-refractivity contribution >= 4 is 22.6 Å². The summed E-state index contributed by atoms with van der Waals surface area (Å²) in [5, 5.41) is 2.40. The summed E-state index contributed by atoms with van der Waals surface area (Å²) in [5.74, 6) is -1.08. The van der Waals surface area contributed by atoms with Gasteiger partial charge in [0, 0.05) is 17.3 Å². The molecule has 6 heteroatoms. The van der Waals surface area contributed by atoms with E-state index in [2.05, 4.69) is 10.3 Å². The second-order valence-electron chi connectivity index (χ2n) is 6.11. The highest BCUT2D eigenvalue weighted by Gasteiger charge is 2.14. The van der Waals surface area contributed by atoms with Crippen molar-refractivity contribution in [3.05, 3.63) is 89.8 Å². The number of aromatic nitrogens is 2. The number of halogens is 2. The zero-order valence-electron chi connectivity index (χ0n) is 14.4. The van der Waals surface area contributed by atoms with Crippen LogP contribution in [0.3, 0.4) is 0 Å². The first-order valence-corrected chi connectivity index (χ1v) is 8.34. The van der Waals surface area contributed by atoms with Gasteiger partial charge in [-0.05, 0) is 49.4 Å². The van der Waals surface area contributed by atoms with Gasteiger partial charge in [-0.25, -0.2) is 13.8 Å². The zero-order valence-corrected chi connectivity index (χ0v) is 14.4. The maximum atomic E-state index is 13.7. The van der Waals surface area contributed by atoms with Crippen molar-refractivity contribution in [2.24, 2.45) is 0 Å². The van der Waals surface area contributed by atoms with Crippen LogP contribution in [-0.2, 0) is 0 Å². The molecule has 0 fully saturated rings. The first-order valence-electron chi connectivity index (χ1n) is 8.34. The zero-order chi connectivity index (χ0) is 19.0. The number of nitrogens with zero attached hydrogens (tertiary/aromatic N) is 2. The van der Waals surface area contributed by atoms with Gasteiger partial charge in [0.05, 0.1) is 16.7 Å². The maximum absolute atomic E-state index is 13.7. The molecule has 0 spiro atoms. The number of amides is 1. The monoisotopic (exact) mass is 363 g/mol. The first-order chi connectivity index (χ1) is 13.0. The van der Waals surface area contributed by atoms with Gasteiger partial charge in [0.15, 0.2) is 0 Å². The molecule has 0 aliphatic carbocycles. The molecular formula is C21H15F2N3O. The fraction of sp³-hybridized carbons (Fsp3) is 0.0476. The average molecular weight is 363 g/mol. The molecule has 3 aromatic carbocycles. The van der Waals surface area contributed by atoms with Gasteiger partial charge in [-0.1, -0.05) is 18.2 Å². The Bertz CT molecular complexity index is 1150. The van der Waals surface area contributed by atoms with Crippen LogP contribution >= 0.6 is 0 Å². The van der Waals surface area contributed by atoms with Crippen LogP contribution in [0.2, 0.25) is 0 Å². The molecule has 0 radical (unpaired) electrons. The minimum Gasteiger partial charge on any atom is -0.319 e. The molecule has 4 rings (SSSR count). The van der Waals surface area contributed by atoms with Crippen molar-refractivity contribution in [3.8, 4) is 5.69 Å². The van der Waals surface area contributed by atoms with Crippen molar-refractivity contribution < 1.29 is 13.6 Å². The number of hydrogen-bond acceptors (Lipinski definition) is 2. The van der Waals surface area contributed by atoms with Gasteiger partial charge in [-0.3, -0.25) is 9.36 Å². The number of para-hydroxylation sites is 1. The molecule has 0 saturated heterocycles. The van der Waals surface area contributed by atoms with Crippen LogP contribution in [0.15, 0.2) is 66.7 Å². The van der Waals surface area contributed by atoms with Crippen molar-refractivity contribution in [2.75, 3.05) is 5.32 Å². The minimum atomic E-state index is -0.699. The van der Waals surface area contributed by atoms with Gasteiger partial charge in [-0.15, -0.1) is 0 Å². The van der Waals surface area contributed by atoms with Crippen molar-refractivity contribution in [1.29, 1.82) is 0 Å². The number of nitrogens with one attached hydrogen (secondary N) is 1. The normalized spacial score (nSPS) is 10.9. The van der Waals surface area contributed by atoms with Gasteiger partial charge in [0.1, 0.15) is 17.5 Å². The summed E-state index contributed by atoms with van der Waals surface area (Å²) in [5.41, 5.74) is 2.57. The Morgan fingerprint density at radius 3 is 2.56 bits per heavy atom. The Balaban J connectivity index is 1.70. The van der Waals surface area contributed by atoms with Crippen LogP contribution < -0.4 is 5.32 Å². The average Bonchev–Trinajstić information content (AvgIpc) is 3.00. The van der Waals surface area contributed by atoms with Crippen LogP contribution in [0.25, 0.3) is 16.7 Å². The standard InChI is InChI=1S/C21H15F2N3O/c1-13-24-19-11-14(21(27)25-18-12-15(22)8-9-17(18)23)7-10-20(19)26(13)16-5-3-2-4-6-16/h2-12H,1H3,(H,25,27). The molecular weight excluding hydrogens is 348 g/mol. The lowest BCUT2D eigenvalue weighted by Gasteiger charge is -2.08. The quantitative estimate of drug-likeness (QED) is 0.565. The van der Waals surface area contributed by atoms with E-state index >= 15 is 0 Å². The second-order valence-corrected chi connectivity index (χ2v) is 6.11. The van der Waals surface area contributed by atoms with E-state index in [1.807, 2.05) is 41.8 Å². The fourth-order valence-electron chi connectivity index (χ4n) is 3.03. The Hall–Kier alpha value is -3.54. The number of aryl methyl sites for hydroxylation is 1. The highest BCUT2D eigenvalue weighted by molar-refractivity contribution is 6.06. The minimum absolute atomic E-state index is 0.203. The molecule has 4 nitrogen and oxygen atoms in total. The third-order valence-electron chi connectivity index (χ3n) is 4.28. The van der Waals surface area contributed by atoms with Gasteiger partial charge >= 0.3 is 0 Å². The van der Waals surface area contributed by atoms with Crippen molar-refractivity contribution in [2.45, 2.75) is 6.92 Å². The number of hydrogen-bond donors (Lipinski definition) is 1. The Morgan fingerprint density at radius 2 is 1.78 bits per heavy atom. The number of rotatable bonds is 3. The second kappa shape index (κ2) is 6.64. The molecule has 27 heavy (non-hydrogen) atoms. The van der Waals surface area contributed by atoms with Gasteiger partial charge < -0.3 is 5.32 Å². The predicted molar refractivity (Wildman–Crippen MR) is 100 cm³/mol. The summed E-state index contributed by atoms with van der Waals surface area (Å²) >= 11 is 0. The SMILES string of the molecule is Cc1nc2cc(C(=O)Nc3cc(F)ccc3F)ccc2n1-c1ccccc1. The highest BCUT2D eigenvalue weighted by atomic mass is 19.1. The van der Waals surface area contributed by atoms with Crippen LogP contribution in [0.4, 0.5) is 14.5 Å². The first kappa shape index (κ1) is 16.9. The lowest BCUT2D eigenvalue weighted by molar-refractivity contribution is 0.102. The summed E-state index contributed by atoms with van der Waals surface area (Å²) in [6.07, 6.45) is 0. The number of imidazole rings is 1. The van der Waals surface area contributed by atoms with E-state index in [1.165, 1.54) is 0 Å². The summed E-state index contributed by atoms with van der Waals surface area (Å²) < 4.78 is 29.0. The smallest absolute Gasteiger partial charge is 0.255 e. The van der Waals surface area contributed by atoms with E-state index in [9.17, 15) is 13.6 Å². The third kappa shape index (κ3) is 3.17. The summed E-state index contributed by atoms with van der Waals surface area (Å²) in [6.45, 7) is 1.88. The van der Waals surface area contributed by atoms with Gasteiger partial charge in [0.25, 0.3) is 5.91 Å². The largest absolute Gasteiger partial charge is 0.319 e. The van der Waals surface area contributed by atoms with Gasteiger partial charge in [0.2, 0.25) is 0 Å². The predicted octanol–water partition coefficient (Wildman–Crippen LogP) is 4.86. The molecule has 1 N–H and O–H groups in total. The summed E-state index contributed by atoms with van der Waals surface area (Å²) in [4.78, 5) is 17.0. The number of benzene rings is 3. The third-order valence-corrected chi connectivity index (χ3v) is 4.28. The summed E-state index contributed by atoms with van der Waals surface area (Å²) in [6, 6.07) is 17.7. The Morgan fingerprint density at radius 1 is 1.00 bits per heavy atom. The van der Waals surface area contributed by atoms with Gasteiger partial charge in [-0.2, -0.15) is 0 Å². The topological polar surface area (TPSA) is 46.9 Å². The van der Waals surface area contributed by atoms with E-state index in [1.54, 1.807) is 18.2 Å². The van der Waals surface area contributed by atoms with Crippen LogP contribution in [-0.4, -0.2) is 15.5 Å². The lowest BCUT2D eigenvalue weighted by Crippen LogP contribution is -2.13. The van der Waals surface area contributed by atoms with E-state index in [0.29, 0.717) is 11.1 Å². The Labute approximate surface area is 154 Å².